The lowest BCUT2D eigenvalue weighted by molar-refractivity contribution is 0.187. The molecule has 1 atom stereocenters. The Balaban J connectivity index is 2.21. The quantitative estimate of drug-likeness (QED) is 0.742. The number of thiophene rings is 1. The van der Waals surface area contributed by atoms with Crippen LogP contribution in [0.1, 0.15) is 17.7 Å². The second-order valence-corrected chi connectivity index (χ2v) is 6.10. The van der Waals surface area contributed by atoms with Crippen LogP contribution >= 0.6 is 22.9 Å². The molecule has 0 aliphatic rings. The number of nitrogens with zero attached hydrogens (tertiary/aromatic N) is 1. The number of likely N-dealkylation sites (N-methyl/N-ethyl adjacent to an activating group) is 1. The van der Waals surface area contributed by atoms with Gasteiger partial charge in [-0.3, -0.25) is 4.90 Å². The SMILES string of the molecule is COCCCC(N)CN(C)Cc1ccc(Cl)s1. The predicted octanol–water partition coefficient (Wildman–Crippen LogP) is 2.59. The normalized spacial score (nSPS) is 13.2. The molecule has 0 fully saturated rings. The third kappa shape index (κ3) is 6.38. The van der Waals surface area contributed by atoms with Gasteiger partial charge in [0.1, 0.15) is 0 Å². The average molecular weight is 277 g/mol. The van der Waals surface area contributed by atoms with Crippen molar-refractivity contribution >= 4 is 22.9 Å². The first-order valence-corrected chi connectivity index (χ1v) is 6.98. The zero-order valence-electron chi connectivity index (χ0n) is 10.5. The lowest BCUT2D eigenvalue weighted by Crippen LogP contribution is -2.34. The van der Waals surface area contributed by atoms with Crippen molar-refractivity contribution in [3.63, 3.8) is 0 Å². The molecule has 0 amide bonds. The molecule has 1 aromatic heterocycles. The smallest absolute Gasteiger partial charge is 0.0931 e. The molecule has 0 saturated heterocycles. The summed E-state index contributed by atoms with van der Waals surface area (Å²) in [6, 6.07) is 4.22. The van der Waals surface area contributed by atoms with E-state index in [1.54, 1.807) is 18.4 Å². The summed E-state index contributed by atoms with van der Waals surface area (Å²) in [4.78, 5) is 3.51. The van der Waals surface area contributed by atoms with Gasteiger partial charge in [0.05, 0.1) is 4.34 Å². The van der Waals surface area contributed by atoms with E-state index < -0.39 is 0 Å². The Bertz CT molecular complexity index is 319. The van der Waals surface area contributed by atoms with E-state index in [0.29, 0.717) is 0 Å². The summed E-state index contributed by atoms with van der Waals surface area (Å²) in [5.41, 5.74) is 6.05. The fourth-order valence-electron chi connectivity index (χ4n) is 1.75. The lowest BCUT2D eigenvalue weighted by Gasteiger charge is -2.20. The molecule has 1 unspecified atom stereocenters. The Morgan fingerprint density at radius 2 is 2.29 bits per heavy atom. The van der Waals surface area contributed by atoms with Gasteiger partial charge in [0.2, 0.25) is 0 Å². The highest BCUT2D eigenvalue weighted by Gasteiger charge is 2.08. The molecular weight excluding hydrogens is 256 g/mol. The molecule has 0 aliphatic heterocycles. The van der Waals surface area contributed by atoms with E-state index in [1.165, 1.54) is 4.88 Å². The number of nitrogens with two attached hydrogens (primary N) is 1. The zero-order chi connectivity index (χ0) is 12.7. The van der Waals surface area contributed by atoms with E-state index in [4.69, 9.17) is 22.1 Å². The van der Waals surface area contributed by atoms with Gasteiger partial charge in [-0.25, -0.2) is 0 Å². The summed E-state index contributed by atoms with van der Waals surface area (Å²) in [6.07, 6.45) is 2.03. The molecule has 1 heterocycles. The minimum Gasteiger partial charge on any atom is -0.385 e. The summed E-state index contributed by atoms with van der Waals surface area (Å²) in [7, 11) is 3.81. The van der Waals surface area contributed by atoms with E-state index in [-0.39, 0.29) is 6.04 Å². The molecule has 0 bridgehead atoms. The van der Waals surface area contributed by atoms with Crippen molar-refractivity contribution in [2.24, 2.45) is 5.73 Å². The van der Waals surface area contributed by atoms with E-state index in [0.717, 1.165) is 36.9 Å². The molecule has 2 N–H and O–H groups in total. The largest absolute Gasteiger partial charge is 0.385 e. The second-order valence-electron chi connectivity index (χ2n) is 4.30. The molecule has 0 aromatic carbocycles. The van der Waals surface area contributed by atoms with E-state index in [9.17, 15) is 0 Å². The second kappa shape index (κ2) is 8.06. The Kier molecular flexibility index (Phi) is 7.08. The minimum absolute atomic E-state index is 0.214. The molecule has 17 heavy (non-hydrogen) atoms. The van der Waals surface area contributed by atoms with Crippen LogP contribution in [0.2, 0.25) is 4.34 Å². The summed E-state index contributed by atoms with van der Waals surface area (Å²) < 4.78 is 5.86. The van der Waals surface area contributed by atoms with Gasteiger partial charge in [-0.15, -0.1) is 11.3 Å². The molecule has 0 radical (unpaired) electrons. The van der Waals surface area contributed by atoms with Crippen LogP contribution in [0.3, 0.4) is 0 Å². The number of rotatable bonds is 8. The molecule has 98 valence electrons. The highest BCUT2D eigenvalue weighted by Crippen LogP contribution is 2.22. The Morgan fingerprint density at radius 3 is 2.88 bits per heavy atom. The van der Waals surface area contributed by atoms with Gasteiger partial charge in [-0.1, -0.05) is 11.6 Å². The van der Waals surface area contributed by atoms with Crippen molar-refractivity contribution in [2.75, 3.05) is 27.3 Å². The topological polar surface area (TPSA) is 38.5 Å². The van der Waals surface area contributed by atoms with Crippen LogP contribution in [0.25, 0.3) is 0 Å². The van der Waals surface area contributed by atoms with Crippen molar-refractivity contribution in [1.29, 1.82) is 0 Å². The summed E-state index contributed by atoms with van der Waals surface area (Å²) in [6.45, 7) is 2.60. The van der Waals surface area contributed by atoms with Crippen LogP contribution in [0.4, 0.5) is 0 Å². The maximum Gasteiger partial charge on any atom is 0.0931 e. The average Bonchev–Trinajstić information content (AvgIpc) is 2.64. The molecule has 3 nitrogen and oxygen atoms in total. The first-order chi connectivity index (χ1) is 8.11. The fourth-order valence-corrected chi connectivity index (χ4v) is 2.92. The Morgan fingerprint density at radius 1 is 1.53 bits per heavy atom. The van der Waals surface area contributed by atoms with Crippen molar-refractivity contribution in [1.82, 2.24) is 4.90 Å². The molecule has 0 aliphatic carbocycles. The summed E-state index contributed by atoms with van der Waals surface area (Å²) in [5.74, 6) is 0. The molecule has 0 saturated carbocycles. The monoisotopic (exact) mass is 276 g/mol. The molecular formula is C12H21ClN2OS. The van der Waals surface area contributed by atoms with Crippen LogP contribution in [0.15, 0.2) is 12.1 Å². The van der Waals surface area contributed by atoms with Crippen LogP contribution < -0.4 is 5.73 Å². The first kappa shape index (κ1) is 14.9. The number of halogens is 1. The van der Waals surface area contributed by atoms with Crippen LogP contribution in [0, 0.1) is 0 Å². The maximum atomic E-state index is 6.05. The van der Waals surface area contributed by atoms with Crippen LogP contribution in [-0.2, 0) is 11.3 Å². The van der Waals surface area contributed by atoms with Gasteiger partial charge >= 0.3 is 0 Å². The highest BCUT2D eigenvalue weighted by atomic mass is 35.5. The molecule has 5 heteroatoms. The van der Waals surface area contributed by atoms with Gasteiger partial charge in [0.15, 0.2) is 0 Å². The number of methoxy groups -OCH3 is 1. The lowest BCUT2D eigenvalue weighted by atomic mass is 10.1. The number of hydrogen-bond donors (Lipinski definition) is 1. The first-order valence-electron chi connectivity index (χ1n) is 5.79. The van der Waals surface area contributed by atoms with Gasteiger partial charge in [0.25, 0.3) is 0 Å². The van der Waals surface area contributed by atoms with Gasteiger partial charge in [-0.2, -0.15) is 0 Å². The third-order valence-electron chi connectivity index (χ3n) is 2.52. The van der Waals surface area contributed by atoms with Crippen molar-refractivity contribution in [3.8, 4) is 0 Å². The third-order valence-corrected chi connectivity index (χ3v) is 3.74. The van der Waals surface area contributed by atoms with Crippen LogP contribution in [0.5, 0.6) is 0 Å². The Hall–Kier alpha value is -0.130. The van der Waals surface area contributed by atoms with Crippen molar-refractivity contribution in [3.05, 3.63) is 21.3 Å². The number of hydrogen-bond acceptors (Lipinski definition) is 4. The van der Waals surface area contributed by atoms with E-state index >= 15 is 0 Å². The minimum atomic E-state index is 0.214. The van der Waals surface area contributed by atoms with Gasteiger partial charge in [-0.05, 0) is 32.0 Å². The van der Waals surface area contributed by atoms with Crippen LogP contribution in [-0.4, -0.2) is 38.3 Å². The number of ether oxygens (including phenoxy) is 1. The Labute approximate surface area is 113 Å². The fraction of sp³-hybridized carbons (Fsp3) is 0.667. The highest BCUT2D eigenvalue weighted by molar-refractivity contribution is 7.16. The van der Waals surface area contributed by atoms with Gasteiger partial charge < -0.3 is 10.5 Å². The van der Waals surface area contributed by atoms with Crippen molar-refractivity contribution < 1.29 is 4.74 Å². The van der Waals surface area contributed by atoms with E-state index in [2.05, 4.69) is 18.0 Å². The predicted molar refractivity (Wildman–Crippen MR) is 74.7 cm³/mol. The standard InChI is InChI=1S/C12H21ClN2OS/c1-15(8-10(14)4-3-7-16-2)9-11-5-6-12(13)17-11/h5-6,10H,3-4,7-9,14H2,1-2H3. The summed E-state index contributed by atoms with van der Waals surface area (Å²) in [5, 5.41) is 0. The zero-order valence-corrected chi connectivity index (χ0v) is 12.1. The molecule has 1 rings (SSSR count). The molecule has 0 spiro atoms. The van der Waals surface area contributed by atoms with Gasteiger partial charge in [0, 0.05) is 37.7 Å². The van der Waals surface area contributed by atoms with Crippen molar-refractivity contribution in [2.45, 2.75) is 25.4 Å². The summed E-state index contributed by atoms with van der Waals surface area (Å²) >= 11 is 7.52. The molecule has 1 aromatic rings. The maximum absolute atomic E-state index is 6.05. The van der Waals surface area contributed by atoms with E-state index in [1.807, 2.05) is 6.07 Å².